The van der Waals surface area contributed by atoms with E-state index in [-0.39, 0.29) is 0 Å². The smallest absolute Gasteiger partial charge is 0.0468 e. The Kier molecular flexibility index (Phi) is 6.55. The second-order valence-electron chi connectivity index (χ2n) is 6.41. The van der Waals surface area contributed by atoms with Gasteiger partial charge in [0.15, 0.2) is 0 Å². The lowest BCUT2D eigenvalue weighted by Crippen LogP contribution is -2.32. The topological polar surface area (TPSA) is 21.3 Å². The summed E-state index contributed by atoms with van der Waals surface area (Å²) in [4.78, 5) is 0. The molecule has 1 aromatic carbocycles. The molecular formula is C18H29NO. The number of nitrogens with one attached hydrogen (secondary N) is 1. The van der Waals surface area contributed by atoms with Gasteiger partial charge in [-0.15, -0.1) is 0 Å². The van der Waals surface area contributed by atoms with Crippen molar-refractivity contribution in [3.63, 3.8) is 0 Å². The fourth-order valence-corrected chi connectivity index (χ4v) is 3.04. The van der Waals surface area contributed by atoms with Crippen LogP contribution in [0.1, 0.15) is 38.7 Å². The number of hydrogen-bond donors (Lipinski definition) is 1. The van der Waals surface area contributed by atoms with E-state index in [4.69, 9.17) is 4.74 Å². The molecular weight excluding hydrogens is 246 g/mol. The van der Waals surface area contributed by atoms with Crippen LogP contribution >= 0.6 is 0 Å². The maximum atomic E-state index is 5.48. The Balaban J connectivity index is 1.88. The lowest BCUT2D eigenvalue weighted by atomic mass is 9.85. The largest absolute Gasteiger partial charge is 0.381 e. The van der Waals surface area contributed by atoms with Gasteiger partial charge in [0.25, 0.3) is 0 Å². The van der Waals surface area contributed by atoms with Crippen LogP contribution in [0, 0.1) is 11.8 Å². The van der Waals surface area contributed by atoms with E-state index in [0.29, 0.717) is 6.04 Å². The zero-order chi connectivity index (χ0) is 14.2. The summed E-state index contributed by atoms with van der Waals surface area (Å²) in [6.45, 7) is 7.51. The van der Waals surface area contributed by atoms with Crippen LogP contribution in [0.25, 0.3) is 0 Å². The Morgan fingerprint density at radius 1 is 1.15 bits per heavy atom. The lowest BCUT2D eigenvalue weighted by Gasteiger charge is -2.27. The van der Waals surface area contributed by atoms with E-state index in [1.165, 1.54) is 31.2 Å². The van der Waals surface area contributed by atoms with Crippen LogP contribution in [0.3, 0.4) is 0 Å². The van der Waals surface area contributed by atoms with Crippen LogP contribution in [-0.4, -0.2) is 25.8 Å². The van der Waals surface area contributed by atoms with E-state index in [1.54, 1.807) is 0 Å². The molecule has 112 valence electrons. The van der Waals surface area contributed by atoms with Crippen LogP contribution < -0.4 is 5.32 Å². The summed E-state index contributed by atoms with van der Waals surface area (Å²) in [7, 11) is 0. The van der Waals surface area contributed by atoms with Crippen molar-refractivity contribution in [2.45, 2.75) is 45.6 Å². The molecule has 1 fully saturated rings. The number of benzene rings is 1. The van der Waals surface area contributed by atoms with E-state index < -0.39 is 0 Å². The highest BCUT2D eigenvalue weighted by atomic mass is 16.5. The molecule has 2 nitrogen and oxygen atoms in total. The van der Waals surface area contributed by atoms with Crippen LogP contribution in [0.2, 0.25) is 0 Å². The molecule has 1 heterocycles. The highest BCUT2D eigenvalue weighted by Gasteiger charge is 2.19. The normalized spacial score (nSPS) is 18.4. The minimum Gasteiger partial charge on any atom is -0.381 e. The van der Waals surface area contributed by atoms with Crippen LogP contribution in [-0.2, 0) is 11.2 Å². The standard InChI is InChI=1S/C18H29NO/c1-15(2)19-14-18(12-16-6-4-3-5-7-16)13-17-8-10-20-11-9-17/h3-7,15,17-19H,8-14H2,1-2H3. The van der Waals surface area contributed by atoms with E-state index in [1.807, 2.05) is 0 Å². The van der Waals surface area contributed by atoms with E-state index in [0.717, 1.165) is 31.6 Å². The van der Waals surface area contributed by atoms with Crippen molar-refractivity contribution >= 4 is 0 Å². The second kappa shape index (κ2) is 8.43. The molecule has 1 atom stereocenters. The third kappa shape index (κ3) is 5.64. The van der Waals surface area contributed by atoms with Crippen molar-refractivity contribution in [2.75, 3.05) is 19.8 Å². The maximum absolute atomic E-state index is 5.48. The van der Waals surface area contributed by atoms with Gasteiger partial charge in [-0.25, -0.2) is 0 Å². The molecule has 0 spiro atoms. The molecule has 1 aliphatic rings. The van der Waals surface area contributed by atoms with Gasteiger partial charge in [0, 0.05) is 19.3 Å². The molecule has 0 aromatic heterocycles. The molecule has 1 unspecified atom stereocenters. The molecule has 0 bridgehead atoms. The van der Waals surface area contributed by atoms with Crippen molar-refractivity contribution in [2.24, 2.45) is 11.8 Å². The minimum absolute atomic E-state index is 0.572. The molecule has 0 saturated carbocycles. The van der Waals surface area contributed by atoms with Crippen molar-refractivity contribution in [1.82, 2.24) is 5.32 Å². The first kappa shape index (κ1) is 15.5. The summed E-state index contributed by atoms with van der Waals surface area (Å²) in [5.74, 6) is 1.59. The number of hydrogen-bond acceptors (Lipinski definition) is 2. The van der Waals surface area contributed by atoms with Gasteiger partial charge in [-0.2, -0.15) is 0 Å². The summed E-state index contributed by atoms with van der Waals surface area (Å²) in [5, 5.41) is 3.62. The van der Waals surface area contributed by atoms with Gasteiger partial charge in [-0.05, 0) is 49.6 Å². The van der Waals surface area contributed by atoms with E-state index in [2.05, 4.69) is 49.5 Å². The van der Waals surface area contributed by atoms with Crippen LogP contribution in [0.15, 0.2) is 30.3 Å². The zero-order valence-electron chi connectivity index (χ0n) is 13.0. The first-order chi connectivity index (χ1) is 9.74. The molecule has 20 heavy (non-hydrogen) atoms. The molecule has 1 N–H and O–H groups in total. The Hall–Kier alpha value is -0.860. The zero-order valence-corrected chi connectivity index (χ0v) is 13.0. The Morgan fingerprint density at radius 3 is 2.50 bits per heavy atom. The molecule has 2 heteroatoms. The van der Waals surface area contributed by atoms with Gasteiger partial charge in [0.05, 0.1) is 0 Å². The molecule has 1 aromatic rings. The third-order valence-electron chi connectivity index (χ3n) is 4.19. The van der Waals surface area contributed by atoms with Crippen molar-refractivity contribution < 1.29 is 4.74 Å². The summed E-state index contributed by atoms with van der Waals surface area (Å²) in [5.41, 5.74) is 1.47. The average Bonchev–Trinajstić information content (AvgIpc) is 2.47. The SMILES string of the molecule is CC(C)NCC(Cc1ccccc1)CC1CCOCC1. The van der Waals surface area contributed by atoms with Gasteiger partial charge in [0.2, 0.25) is 0 Å². The van der Waals surface area contributed by atoms with Crippen LogP contribution in [0.5, 0.6) is 0 Å². The van der Waals surface area contributed by atoms with Crippen molar-refractivity contribution in [3.05, 3.63) is 35.9 Å². The highest BCUT2D eigenvalue weighted by Crippen LogP contribution is 2.25. The molecule has 0 radical (unpaired) electrons. The monoisotopic (exact) mass is 275 g/mol. The number of rotatable bonds is 7. The van der Waals surface area contributed by atoms with Gasteiger partial charge in [-0.3, -0.25) is 0 Å². The average molecular weight is 275 g/mol. The summed E-state index contributed by atoms with van der Waals surface area (Å²) in [6.07, 6.45) is 5.01. The van der Waals surface area contributed by atoms with E-state index in [9.17, 15) is 0 Å². The lowest BCUT2D eigenvalue weighted by molar-refractivity contribution is 0.0584. The first-order valence-electron chi connectivity index (χ1n) is 8.09. The second-order valence-corrected chi connectivity index (χ2v) is 6.41. The summed E-state index contributed by atoms with van der Waals surface area (Å²) < 4.78 is 5.48. The predicted octanol–water partition coefficient (Wildman–Crippen LogP) is 3.66. The molecule has 1 aliphatic heterocycles. The Morgan fingerprint density at radius 2 is 1.85 bits per heavy atom. The third-order valence-corrected chi connectivity index (χ3v) is 4.19. The molecule has 1 saturated heterocycles. The van der Waals surface area contributed by atoms with Gasteiger partial charge in [-0.1, -0.05) is 44.2 Å². The quantitative estimate of drug-likeness (QED) is 0.820. The van der Waals surface area contributed by atoms with Crippen molar-refractivity contribution in [3.8, 4) is 0 Å². The van der Waals surface area contributed by atoms with Gasteiger partial charge >= 0.3 is 0 Å². The van der Waals surface area contributed by atoms with Gasteiger partial charge in [0.1, 0.15) is 0 Å². The predicted molar refractivity (Wildman–Crippen MR) is 84.9 cm³/mol. The fraction of sp³-hybridized carbons (Fsp3) is 0.667. The minimum atomic E-state index is 0.572. The molecule has 2 rings (SSSR count). The van der Waals surface area contributed by atoms with Crippen LogP contribution in [0.4, 0.5) is 0 Å². The summed E-state index contributed by atoms with van der Waals surface area (Å²) >= 11 is 0. The maximum Gasteiger partial charge on any atom is 0.0468 e. The van der Waals surface area contributed by atoms with Crippen molar-refractivity contribution in [1.29, 1.82) is 0 Å². The number of ether oxygens (including phenoxy) is 1. The molecule has 0 amide bonds. The fourth-order valence-electron chi connectivity index (χ4n) is 3.04. The van der Waals surface area contributed by atoms with E-state index >= 15 is 0 Å². The summed E-state index contributed by atoms with van der Waals surface area (Å²) in [6, 6.07) is 11.5. The Labute approximate surface area is 123 Å². The Bertz CT molecular complexity index is 357. The van der Waals surface area contributed by atoms with Gasteiger partial charge < -0.3 is 10.1 Å². The first-order valence-corrected chi connectivity index (χ1v) is 8.09. The molecule has 0 aliphatic carbocycles. The highest BCUT2D eigenvalue weighted by molar-refractivity contribution is 5.15.